The number of nitrogens with one attached hydrogen (secondary N) is 1. The second kappa shape index (κ2) is 6.12. The molecule has 0 spiro atoms. The van der Waals surface area contributed by atoms with Gasteiger partial charge in [-0.15, -0.1) is 12.4 Å². The number of hydrogen-bond acceptors (Lipinski definition) is 5. The van der Waals surface area contributed by atoms with Gasteiger partial charge in [0.05, 0.1) is 10.5 Å². The van der Waals surface area contributed by atoms with Crippen molar-refractivity contribution in [3.05, 3.63) is 27.1 Å². The van der Waals surface area contributed by atoms with Crippen molar-refractivity contribution in [3.8, 4) is 0 Å². The molecule has 18 heavy (non-hydrogen) atoms. The average Bonchev–Trinajstić information content (AvgIpc) is 2.77. The predicted octanol–water partition coefficient (Wildman–Crippen LogP) is 1.51. The number of piperazine rings is 1. The zero-order valence-corrected chi connectivity index (χ0v) is 11.4. The number of amides is 1. The molecule has 0 radical (unpaired) electrons. The van der Waals surface area contributed by atoms with Gasteiger partial charge in [0.1, 0.15) is 0 Å². The first-order valence-corrected chi connectivity index (χ1v) is 6.21. The fourth-order valence-electron chi connectivity index (χ4n) is 1.83. The summed E-state index contributed by atoms with van der Waals surface area (Å²) < 4.78 is 0. The molecule has 0 bridgehead atoms. The highest BCUT2D eigenvalue weighted by atomic mass is 35.5. The first-order chi connectivity index (χ1) is 8.08. The molecule has 1 aromatic heterocycles. The number of carbonyl (C=O) groups excluding carboxylic acids is 1. The Morgan fingerprint density at radius 3 is 2.94 bits per heavy atom. The Balaban J connectivity index is 0.00000162. The van der Waals surface area contributed by atoms with Crippen molar-refractivity contribution in [2.24, 2.45) is 0 Å². The first-order valence-electron chi connectivity index (χ1n) is 5.33. The van der Waals surface area contributed by atoms with E-state index in [4.69, 9.17) is 0 Å². The van der Waals surface area contributed by atoms with Crippen LogP contribution in [-0.2, 0) is 0 Å². The van der Waals surface area contributed by atoms with Gasteiger partial charge in [0, 0.05) is 37.1 Å². The summed E-state index contributed by atoms with van der Waals surface area (Å²) in [6.45, 7) is 4.06. The Morgan fingerprint density at radius 1 is 1.67 bits per heavy atom. The van der Waals surface area contributed by atoms with Gasteiger partial charge in [-0.25, -0.2) is 0 Å². The van der Waals surface area contributed by atoms with Gasteiger partial charge in [0.25, 0.3) is 5.91 Å². The summed E-state index contributed by atoms with van der Waals surface area (Å²) in [7, 11) is 0. The van der Waals surface area contributed by atoms with E-state index in [2.05, 4.69) is 5.32 Å². The second-order valence-corrected chi connectivity index (χ2v) is 4.93. The highest BCUT2D eigenvalue weighted by Gasteiger charge is 2.23. The fraction of sp³-hybridized carbons (Fsp3) is 0.500. The average molecular weight is 292 g/mol. The minimum atomic E-state index is -0.470. The molecule has 2 rings (SSSR count). The highest BCUT2D eigenvalue weighted by Crippen LogP contribution is 2.23. The Bertz CT molecular complexity index is 451. The largest absolute Gasteiger partial charge is 0.336 e. The maximum Gasteiger partial charge on any atom is 0.324 e. The van der Waals surface area contributed by atoms with E-state index in [9.17, 15) is 14.9 Å². The van der Waals surface area contributed by atoms with E-state index in [0.29, 0.717) is 18.7 Å². The second-order valence-electron chi connectivity index (χ2n) is 4.04. The maximum atomic E-state index is 12.1. The van der Waals surface area contributed by atoms with Crippen molar-refractivity contribution in [1.82, 2.24) is 10.2 Å². The topological polar surface area (TPSA) is 75.5 Å². The van der Waals surface area contributed by atoms with Crippen LogP contribution in [0.1, 0.15) is 17.3 Å². The first kappa shape index (κ1) is 14.9. The van der Waals surface area contributed by atoms with Crippen LogP contribution in [0.5, 0.6) is 0 Å². The lowest BCUT2D eigenvalue weighted by Crippen LogP contribution is -2.51. The van der Waals surface area contributed by atoms with Crippen LogP contribution in [0.15, 0.2) is 11.4 Å². The molecule has 1 aromatic rings. The quantitative estimate of drug-likeness (QED) is 0.662. The van der Waals surface area contributed by atoms with Gasteiger partial charge in [0.2, 0.25) is 0 Å². The van der Waals surface area contributed by atoms with Crippen LogP contribution in [-0.4, -0.2) is 41.4 Å². The number of hydrogen-bond donors (Lipinski definition) is 1. The van der Waals surface area contributed by atoms with Crippen molar-refractivity contribution < 1.29 is 9.72 Å². The molecular formula is C10H14ClN3O3S. The minimum Gasteiger partial charge on any atom is -0.336 e. The number of thiophene rings is 1. The highest BCUT2D eigenvalue weighted by molar-refractivity contribution is 7.13. The lowest BCUT2D eigenvalue weighted by Gasteiger charge is -2.31. The van der Waals surface area contributed by atoms with E-state index in [-0.39, 0.29) is 29.4 Å². The van der Waals surface area contributed by atoms with Crippen LogP contribution in [0, 0.1) is 10.1 Å². The van der Waals surface area contributed by atoms with Gasteiger partial charge in [-0.1, -0.05) is 11.3 Å². The number of nitro groups is 1. The molecule has 100 valence electrons. The zero-order valence-electron chi connectivity index (χ0n) is 9.79. The molecule has 6 nitrogen and oxygen atoms in total. The van der Waals surface area contributed by atoms with Gasteiger partial charge in [-0.05, 0) is 6.92 Å². The van der Waals surface area contributed by atoms with Gasteiger partial charge >= 0.3 is 5.00 Å². The summed E-state index contributed by atoms with van der Waals surface area (Å²) in [5, 5.41) is 15.3. The molecule has 1 aliphatic rings. The SMILES string of the molecule is C[C@@H]1CN(C(=O)c2csc([N+](=O)[O-])c2)CCN1.Cl. The van der Waals surface area contributed by atoms with E-state index in [1.807, 2.05) is 6.92 Å². The van der Waals surface area contributed by atoms with Gasteiger partial charge in [-0.2, -0.15) is 0 Å². The molecule has 0 unspecified atom stereocenters. The van der Waals surface area contributed by atoms with Crippen molar-refractivity contribution in [1.29, 1.82) is 0 Å². The monoisotopic (exact) mass is 291 g/mol. The zero-order chi connectivity index (χ0) is 12.4. The van der Waals surface area contributed by atoms with Crippen LogP contribution >= 0.6 is 23.7 Å². The molecule has 8 heteroatoms. The van der Waals surface area contributed by atoms with E-state index in [0.717, 1.165) is 17.9 Å². The third-order valence-corrected chi connectivity index (χ3v) is 3.55. The number of carbonyl (C=O) groups is 1. The third-order valence-electron chi connectivity index (χ3n) is 2.67. The Hall–Kier alpha value is -1.18. The molecule has 1 amide bonds. The molecule has 1 fully saturated rings. The number of rotatable bonds is 2. The molecule has 0 aromatic carbocycles. The fourth-order valence-corrected chi connectivity index (χ4v) is 2.53. The van der Waals surface area contributed by atoms with Crippen molar-refractivity contribution in [2.75, 3.05) is 19.6 Å². The van der Waals surface area contributed by atoms with E-state index in [1.54, 1.807) is 10.3 Å². The van der Waals surface area contributed by atoms with Crippen LogP contribution in [0.25, 0.3) is 0 Å². The van der Waals surface area contributed by atoms with E-state index < -0.39 is 4.92 Å². The summed E-state index contributed by atoms with van der Waals surface area (Å²) >= 11 is 0.989. The van der Waals surface area contributed by atoms with Crippen molar-refractivity contribution >= 4 is 34.7 Å². The van der Waals surface area contributed by atoms with Gasteiger partial charge in [0.15, 0.2) is 0 Å². The number of halogens is 1. The molecule has 2 heterocycles. The third kappa shape index (κ3) is 3.18. The van der Waals surface area contributed by atoms with Crippen molar-refractivity contribution in [2.45, 2.75) is 13.0 Å². The predicted molar refractivity (Wildman–Crippen MR) is 71.6 cm³/mol. The molecule has 1 N–H and O–H groups in total. The van der Waals surface area contributed by atoms with Crippen LogP contribution in [0.4, 0.5) is 5.00 Å². The van der Waals surface area contributed by atoms with Gasteiger partial charge < -0.3 is 10.2 Å². The van der Waals surface area contributed by atoms with Gasteiger partial charge in [-0.3, -0.25) is 14.9 Å². The molecule has 1 atom stereocenters. The summed E-state index contributed by atoms with van der Waals surface area (Å²) in [4.78, 5) is 23.9. The number of nitrogens with zero attached hydrogens (tertiary/aromatic N) is 2. The maximum absolute atomic E-state index is 12.1. The Labute approximate surface area is 115 Å². The van der Waals surface area contributed by atoms with Crippen LogP contribution in [0.3, 0.4) is 0 Å². The molecule has 0 aliphatic carbocycles. The van der Waals surface area contributed by atoms with Crippen LogP contribution in [0.2, 0.25) is 0 Å². The van der Waals surface area contributed by atoms with Crippen LogP contribution < -0.4 is 5.32 Å². The lowest BCUT2D eigenvalue weighted by molar-refractivity contribution is -0.380. The summed E-state index contributed by atoms with van der Waals surface area (Å²) in [5.41, 5.74) is 0.413. The molecule has 1 aliphatic heterocycles. The molecular weight excluding hydrogens is 278 g/mol. The molecule has 0 saturated carbocycles. The Kier molecular flexibility index (Phi) is 5.06. The lowest BCUT2D eigenvalue weighted by atomic mass is 10.2. The van der Waals surface area contributed by atoms with E-state index in [1.165, 1.54) is 6.07 Å². The Morgan fingerprint density at radius 2 is 2.39 bits per heavy atom. The minimum absolute atomic E-state index is 0. The summed E-state index contributed by atoms with van der Waals surface area (Å²) in [6, 6.07) is 1.61. The normalized spacial score (nSPS) is 19.2. The standard InChI is InChI=1S/C10H13N3O3S.ClH/c1-7-5-12(3-2-11-7)10(14)8-4-9(13(15)16)17-6-8;/h4,6-7,11H,2-3,5H2,1H3;1H/t7-;/m1./s1. The summed E-state index contributed by atoms with van der Waals surface area (Å²) in [6.07, 6.45) is 0. The molecule has 1 saturated heterocycles. The van der Waals surface area contributed by atoms with E-state index >= 15 is 0 Å². The summed E-state index contributed by atoms with van der Waals surface area (Å²) in [5.74, 6) is -0.122. The van der Waals surface area contributed by atoms with Crippen molar-refractivity contribution in [3.63, 3.8) is 0 Å². The smallest absolute Gasteiger partial charge is 0.324 e.